The summed E-state index contributed by atoms with van der Waals surface area (Å²) in [6.45, 7) is -0.0366. The van der Waals surface area contributed by atoms with Crippen molar-refractivity contribution in [1.82, 2.24) is 5.01 Å². The highest BCUT2D eigenvalue weighted by atomic mass is 19.4. The molecule has 0 aromatic heterocycles. The molecule has 3 N–H and O–H groups in total. The van der Waals surface area contributed by atoms with E-state index in [-0.39, 0.29) is 6.54 Å². The average molecular weight is 231 g/mol. The van der Waals surface area contributed by atoms with Gasteiger partial charge in [-0.25, -0.2) is 10.6 Å². The summed E-state index contributed by atoms with van der Waals surface area (Å²) in [4.78, 5) is 11.1. The molecular weight excluding hydrogens is 223 g/mol. The van der Waals surface area contributed by atoms with Crippen molar-refractivity contribution < 1.29 is 18.0 Å². The smallest absolute Gasteiger partial charge is 0.306 e. The van der Waals surface area contributed by atoms with Gasteiger partial charge in [0.05, 0.1) is 12.1 Å². The number of carbonyl (C=O) groups is 1. The number of nitrogens with one attached hydrogen (secondary N) is 1. The SMILES string of the molecule is NN1Cc2cc(C(F)(F)F)ccc2NC1=O. The van der Waals surface area contributed by atoms with Crippen LogP contribution in [0.1, 0.15) is 11.1 Å². The molecule has 0 fully saturated rings. The van der Waals surface area contributed by atoms with Crippen LogP contribution in [0, 0.1) is 0 Å². The van der Waals surface area contributed by atoms with Gasteiger partial charge in [0, 0.05) is 5.69 Å². The molecule has 0 spiro atoms. The summed E-state index contributed by atoms with van der Waals surface area (Å²) in [7, 11) is 0. The standard InChI is InChI=1S/C9H8F3N3O/c10-9(11,12)6-1-2-7-5(3-6)4-15(13)8(16)14-7/h1-3H,4,13H2,(H,14,16). The number of alkyl halides is 3. The molecule has 7 heteroatoms. The minimum atomic E-state index is -4.39. The fourth-order valence-electron chi connectivity index (χ4n) is 1.47. The Morgan fingerprint density at radius 3 is 2.69 bits per heavy atom. The Bertz CT molecular complexity index is 444. The predicted molar refractivity (Wildman–Crippen MR) is 50.2 cm³/mol. The monoisotopic (exact) mass is 231 g/mol. The lowest BCUT2D eigenvalue weighted by Crippen LogP contribution is -2.43. The topological polar surface area (TPSA) is 58.4 Å². The molecule has 0 atom stereocenters. The molecule has 0 saturated heterocycles. The van der Waals surface area contributed by atoms with Crippen LogP contribution in [0.5, 0.6) is 0 Å². The number of halogens is 3. The van der Waals surface area contributed by atoms with E-state index in [1.807, 2.05) is 0 Å². The Kier molecular flexibility index (Phi) is 2.27. The average Bonchev–Trinajstić information content (AvgIpc) is 2.17. The molecule has 0 bridgehead atoms. The first-order chi connectivity index (χ1) is 7.38. The molecule has 16 heavy (non-hydrogen) atoms. The molecule has 0 saturated carbocycles. The number of nitrogens with zero attached hydrogens (tertiary/aromatic N) is 1. The lowest BCUT2D eigenvalue weighted by molar-refractivity contribution is -0.137. The van der Waals surface area contributed by atoms with E-state index >= 15 is 0 Å². The van der Waals surface area contributed by atoms with Crippen LogP contribution in [0.25, 0.3) is 0 Å². The molecule has 0 aliphatic carbocycles. The Balaban J connectivity index is 2.40. The number of hydrogen-bond acceptors (Lipinski definition) is 2. The number of anilines is 1. The van der Waals surface area contributed by atoms with E-state index in [9.17, 15) is 18.0 Å². The van der Waals surface area contributed by atoms with Crippen molar-refractivity contribution in [2.45, 2.75) is 12.7 Å². The van der Waals surface area contributed by atoms with Crippen molar-refractivity contribution in [1.29, 1.82) is 0 Å². The minimum absolute atomic E-state index is 0.0366. The summed E-state index contributed by atoms with van der Waals surface area (Å²) in [6.07, 6.45) is -4.39. The molecular formula is C9H8F3N3O. The number of benzene rings is 1. The van der Waals surface area contributed by atoms with Gasteiger partial charge in [-0.05, 0) is 23.8 Å². The van der Waals surface area contributed by atoms with Gasteiger partial charge in [-0.2, -0.15) is 13.2 Å². The van der Waals surface area contributed by atoms with Gasteiger partial charge in [-0.3, -0.25) is 5.01 Å². The third kappa shape index (κ3) is 1.81. The fourth-order valence-corrected chi connectivity index (χ4v) is 1.47. The van der Waals surface area contributed by atoms with Gasteiger partial charge in [0.15, 0.2) is 0 Å². The van der Waals surface area contributed by atoms with Crippen LogP contribution in [0.3, 0.4) is 0 Å². The highest BCUT2D eigenvalue weighted by molar-refractivity contribution is 5.91. The van der Waals surface area contributed by atoms with Crippen LogP contribution in [0.15, 0.2) is 18.2 Å². The molecule has 1 aromatic carbocycles. The van der Waals surface area contributed by atoms with Gasteiger partial charge in [0.2, 0.25) is 0 Å². The summed E-state index contributed by atoms with van der Waals surface area (Å²) >= 11 is 0. The van der Waals surface area contributed by atoms with E-state index in [0.717, 1.165) is 17.1 Å². The Morgan fingerprint density at radius 1 is 1.38 bits per heavy atom. The zero-order chi connectivity index (χ0) is 11.9. The number of carbonyl (C=O) groups excluding carboxylic acids is 1. The van der Waals surface area contributed by atoms with Crippen LogP contribution in [0.4, 0.5) is 23.7 Å². The Morgan fingerprint density at radius 2 is 2.06 bits per heavy atom. The predicted octanol–water partition coefficient (Wildman–Crippen LogP) is 1.93. The maximum absolute atomic E-state index is 12.4. The Labute approximate surface area is 88.8 Å². The Hall–Kier alpha value is -1.76. The molecule has 1 aliphatic heterocycles. The van der Waals surface area contributed by atoms with E-state index in [1.54, 1.807) is 0 Å². The molecule has 1 heterocycles. The maximum Gasteiger partial charge on any atom is 0.416 e. The van der Waals surface area contributed by atoms with E-state index in [4.69, 9.17) is 5.84 Å². The zero-order valence-corrected chi connectivity index (χ0v) is 8.01. The highest BCUT2D eigenvalue weighted by Gasteiger charge is 2.32. The summed E-state index contributed by atoms with van der Waals surface area (Å²) in [5.41, 5.74) is -0.0487. The molecule has 0 unspecified atom stereocenters. The number of amides is 2. The van der Waals surface area contributed by atoms with Gasteiger partial charge in [0.1, 0.15) is 0 Å². The number of hydrazine groups is 1. The quantitative estimate of drug-likeness (QED) is 0.529. The number of nitrogens with two attached hydrogens (primary N) is 1. The van der Waals surface area contributed by atoms with Gasteiger partial charge >= 0.3 is 12.2 Å². The third-order valence-corrected chi connectivity index (χ3v) is 2.28. The van der Waals surface area contributed by atoms with Crippen molar-refractivity contribution in [2.75, 3.05) is 5.32 Å². The van der Waals surface area contributed by atoms with E-state index in [0.29, 0.717) is 11.3 Å². The zero-order valence-electron chi connectivity index (χ0n) is 8.01. The molecule has 4 nitrogen and oxygen atoms in total. The van der Waals surface area contributed by atoms with Crippen LogP contribution < -0.4 is 11.2 Å². The lowest BCUT2D eigenvalue weighted by atomic mass is 10.1. The summed E-state index contributed by atoms with van der Waals surface area (Å²) in [5.74, 6) is 5.29. The van der Waals surface area contributed by atoms with Crippen LogP contribution in [0.2, 0.25) is 0 Å². The van der Waals surface area contributed by atoms with E-state index in [1.165, 1.54) is 6.07 Å². The molecule has 1 aromatic rings. The van der Waals surface area contributed by atoms with Crippen LogP contribution in [-0.4, -0.2) is 11.0 Å². The van der Waals surface area contributed by atoms with Gasteiger partial charge < -0.3 is 5.32 Å². The molecule has 1 aliphatic rings. The number of rotatable bonds is 0. The van der Waals surface area contributed by atoms with E-state index in [2.05, 4.69) is 5.32 Å². The van der Waals surface area contributed by atoms with Crippen LogP contribution >= 0.6 is 0 Å². The summed E-state index contributed by atoms with van der Waals surface area (Å²) in [6, 6.07) is 2.59. The maximum atomic E-state index is 12.4. The second-order valence-electron chi connectivity index (χ2n) is 3.43. The summed E-state index contributed by atoms with van der Waals surface area (Å²) in [5, 5.41) is 3.20. The molecule has 0 radical (unpaired) electrons. The van der Waals surface area contributed by atoms with Gasteiger partial charge in [-0.1, -0.05) is 0 Å². The second-order valence-corrected chi connectivity index (χ2v) is 3.43. The van der Waals surface area contributed by atoms with Crippen molar-refractivity contribution >= 4 is 11.7 Å². The van der Waals surface area contributed by atoms with Crippen LogP contribution in [-0.2, 0) is 12.7 Å². The first kappa shape index (κ1) is 10.7. The largest absolute Gasteiger partial charge is 0.416 e. The molecule has 86 valence electrons. The lowest BCUT2D eigenvalue weighted by Gasteiger charge is -2.25. The minimum Gasteiger partial charge on any atom is -0.306 e. The number of urea groups is 1. The van der Waals surface area contributed by atoms with Crippen molar-refractivity contribution in [2.24, 2.45) is 5.84 Å². The fraction of sp³-hybridized carbons (Fsp3) is 0.222. The molecule has 2 amide bonds. The highest BCUT2D eigenvalue weighted by Crippen LogP contribution is 2.33. The first-order valence-electron chi connectivity index (χ1n) is 4.41. The van der Waals surface area contributed by atoms with Gasteiger partial charge in [0.25, 0.3) is 0 Å². The van der Waals surface area contributed by atoms with Crippen molar-refractivity contribution in [3.63, 3.8) is 0 Å². The normalized spacial score (nSPS) is 15.8. The van der Waals surface area contributed by atoms with Gasteiger partial charge in [-0.15, -0.1) is 0 Å². The number of hydrogen-bond donors (Lipinski definition) is 2. The second kappa shape index (κ2) is 3.38. The van der Waals surface area contributed by atoms with Crippen molar-refractivity contribution in [3.8, 4) is 0 Å². The summed E-state index contributed by atoms with van der Waals surface area (Å²) < 4.78 is 37.2. The third-order valence-electron chi connectivity index (χ3n) is 2.28. The van der Waals surface area contributed by atoms with E-state index < -0.39 is 17.8 Å². The number of fused-ring (bicyclic) bond motifs is 1. The molecule has 2 rings (SSSR count). The van der Waals surface area contributed by atoms with Crippen molar-refractivity contribution in [3.05, 3.63) is 29.3 Å². The first-order valence-corrected chi connectivity index (χ1v) is 4.41.